The van der Waals surface area contributed by atoms with E-state index in [0.29, 0.717) is 12.1 Å². The number of carbonyl (C=O) groups is 2. The van der Waals surface area contributed by atoms with Crippen LogP contribution in [0.5, 0.6) is 0 Å². The van der Waals surface area contributed by atoms with Crippen LogP contribution in [0.1, 0.15) is 32.9 Å². The van der Waals surface area contributed by atoms with E-state index in [1.165, 1.54) is 17.1 Å². The number of carbonyl (C=O) groups excluding carboxylic acids is 2. The zero-order valence-electron chi connectivity index (χ0n) is 10.3. The van der Waals surface area contributed by atoms with Crippen LogP contribution < -0.4 is 5.73 Å². The van der Waals surface area contributed by atoms with Gasteiger partial charge in [0.15, 0.2) is 0 Å². The monoisotopic (exact) mass is 239 g/mol. The van der Waals surface area contributed by atoms with Crippen molar-refractivity contribution in [2.24, 2.45) is 5.73 Å². The molecule has 0 bridgehead atoms. The summed E-state index contributed by atoms with van der Waals surface area (Å²) in [5, 5.41) is 0. The first-order valence-electron chi connectivity index (χ1n) is 5.32. The second kappa shape index (κ2) is 4.99. The third-order valence-corrected chi connectivity index (χ3v) is 1.93. The molecule has 0 unspecified atom stereocenters. The normalized spacial score (nSPS) is 11.2. The molecule has 1 amide bonds. The SMILES string of the molecule is CC(C)(C)OC(=O)n1cncc1CCC(N)=O. The molecule has 0 radical (unpaired) electrons. The summed E-state index contributed by atoms with van der Waals surface area (Å²) in [7, 11) is 0. The second-order valence-corrected chi connectivity index (χ2v) is 4.70. The summed E-state index contributed by atoms with van der Waals surface area (Å²) in [6, 6.07) is 0. The number of amides is 1. The fraction of sp³-hybridized carbons (Fsp3) is 0.545. The molecule has 0 spiro atoms. The largest absolute Gasteiger partial charge is 0.443 e. The maximum absolute atomic E-state index is 11.8. The van der Waals surface area contributed by atoms with Gasteiger partial charge >= 0.3 is 6.09 Å². The van der Waals surface area contributed by atoms with Crippen molar-refractivity contribution < 1.29 is 14.3 Å². The van der Waals surface area contributed by atoms with Crippen LogP contribution in [0.15, 0.2) is 12.5 Å². The lowest BCUT2D eigenvalue weighted by Gasteiger charge is -2.20. The van der Waals surface area contributed by atoms with E-state index in [-0.39, 0.29) is 6.42 Å². The first kappa shape index (κ1) is 13.2. The van der Waals surface area contributed by atoms with Crippen LogP contribution in [0, 0.1) is 0 Å². The van der Waals surface area contributed by atoms with E-state index in [1.807, 2.05) is 0 Å². The highest BCUT2D eigenvalue weighted by Gasteiger charge is 2.19. The third-order valence-electron chi connectivity index (χ3n) is 1.93. The predicted octanol–water partition coefficient (Wildman–Crippen LogP) is 1.08. The van der Waals surface area contributed by atoms with E-state index < -0.39 is 17.6 Å². The third kappa shape index (κ3) is 4.26. The van der Waals surface area contributed by atoms with E-state index in [4.69, 9.17) is 10.5 Å². The molecule has 0 aromatic carbocycles. The lowest BCUT2D eigenvalue weighted by molar-refractivity contribution is -0.118. The molecular weight excluding hydrogens is 222 g/mol. The molecule has 0 saturated carbocycles. The molecule has 1 heterocycles. The number of nitrogens with zero attached hydrogens (tertiary/aromatic N) is 2. The Labute approximate surface area is 99.8 Å². The van der Waals surface area contributed by atoms with E-state index in [1.54, 1.807) is 20.8 Å². The average molecular weight is 239 g/mol. The minimum absolute atomic E-state index is 0.175. The van der Waals surface area contributed by atoms with E-state index in [0.717, 1.165) is 0 Å². The Balaban J connectivity index is 2.74. The van der Waals surface area contributed by atoms with Crippen LogP contribution in [0.2, 0.25) is 0 Å². The summed E-state index contributed by atoms with van der Waals surface area (Å²) in [6.07, 6.45) is 2.93. The van der Waals surface area contributed by atoms with Gasteiger partial charge < -0.3 is 10.5 Å². The number of rotatable bonds is 3. The molecule has 0 aliphatic rings. The number of imidazole rings is 1. The van der Waals surface area contributed by atoms with Crippen molar-refractivity contribution in [1.29, 1.82) is 0 Å². The highest BCUT2D eigenvalue weighted by Crippen LogP contribution is 2.11. The molecule has 1 aromatic heterocycles. The summed E-state index contributed by atoms with van der Waals surface area (Å²) < 4.78 is 6.48. The van der Waals surface area contributed by atoms with Gasteiger partial charge in [-0.15, -0.1) is 0 Å². The van der Waals surface area contributed by atoms with Gasteiger partial charge in [0.2, 0.25) is 5.91 Å². The molecule has 0 aliphatic heterocycles. The fourth-order valence-corrected chi connectivity index (χ4v) is 1.23. The molecule has 94 valence electrons. The highest BCUT2D eigenvalue weighted by atomic mass is 16.6. The Morgan fingerprint density at radius 2 is 2.12 bits per heavy atom. The van der Waals surface area contributed by atoms with Gasteiger partial charge in [0.25, 0.3) is 0 Å². The van der Waals surface area contributed by atoms with Crippen molar-refractivity contribution in [3.05, 3.63) is 18.2 Å². The van der Waals surface area contributed by atoms with Crippen LogP contribution >= 0.6 is 0 Å². The van der Waals surface area contributed by atoms with Crippen LogP contribution in [0.3, 0.4) is 0 Å². The van der Waals surface area contributed by atoms with E-state index in [2.05, 4.69) is 4.98 Å². The molecule has 0 saturated heterocycles. The lowest BCUT2D eigenvalue weighted by atomic mass is 10.2. The second-order valence-electron chi connectivity index (χ2n) is 4.70. The van der Waals surface area contributed by atoms with Gasteiger partial charge in [-0.1, -0.05) is 0 Å². The van der Waals surface area contributed by atoms with Gasteiger partial charge in [-0.25, -0.2) is 14.3 Å². The number of primary amides is 1. The Morgan fingerprint density at radius 1 is 1.47 bits per heavy atom. The summed E-state index contributed by atoms with van der Waals surface area (Å²) in [4.78, 5) is 26.3. The van der Waals surface area contributed by atoms with Crippen molar-refractivity contribution in [1.82, 2.24) is 9.55 Å². The van der Waals surface area contributed by atoms with Crippen LogP contribution in [-0.4, -0.2) is 27.2 Å². The number of hydrogen-bond donors (Lipinski definition) is 1. The Bertz CT molecular complexity index is 418. The molecule has 6 nitrogen and oxygen atoms in total. The molecule has 6 heteroatoms. The Hall–Kier alpha value is -1.85. The van der Waals surface area contributed by atoms with Gasteiger partial charge in [-0.3, -0.25) is 4.79 Å². The number of hydrogen-bond acceptors (Lipinski definition) is 4. The zero-order valence-corrected chi connectivity index (χ0v) is 10.3. The van der Waals surface area contributed by atoms with Gasteiger partial charge in [-0.2, -0.15) is 0 Å². The fourth-order valence-electron chi connectivity index (χ4n) is 1.23. The summed E-state index contributed by atoms with van der Waals surface area (Å²) in [6.45, 7) is 5.35. The summed E-state index contributed by atoms with van der Waals surface area (Å²) in [5.74, 6) is -0.415. The lowest BCUT2D eigenvalue weighted by Crippen LogP contribution is -2.28. The smallest absolute Gasteiger partial charge is 0.420 e. The number of ether oxygens (including phenoxy) is 1. The molecule has 0 fully saturated rings. The molecular formula is C11H17N3O3. The standard InChI is InChI=1S/C11H17N3O3/c1-11(2,3)17-10(16)14-7-13-6-8(14)4-5-9(12)15/h6-7H,4-5H2,1-3H3,(H2,12,15). The molecule has 0 atom stereocenters. The zero-order chi connectivity index (χ0) is 13.1. The molecule has 1 aromatic rings. The minimum Gasteiger partial charge on any atom is -0.443 e. The van der Waals surface area contributed by atoms with Gasteiger partial charge in [0.05, 0.1) is 0 Å². The maximum atomic E-state index is 11.8. The highest BCUT2D eigenvalue weighted by molar-refractivity contribution is 5.74. The van der Waals surface area contributed by atoms with Crippen molar-refractivity contribution in [3.8, 4) is 0 Å². The summed E-state index contributed by atoms with van der Waals surface area (Å²) >= 11 is 0. The number of aromatic nitrogens is 2. The first-order valence-corrected chi connectivity index (χ1v) is 5.32. The Kier molecular flexibility index (Phi) is 3.88. The first-order chi connectivity index (χ1) is 7.79. The van der Waals surface area contributed by atoms with Crippen molar-refractivity contribution in [2.75, 3.05) is 0 Å². The van der Waals surface area contributed by atoms with Crippen molar-refractivity contribution >= 4 is 12.0 Å². The van der Waals surface area contributed by atoms with E-state index in [9.17, 15) is 9.59 Å². The van der Waals surface area contributed by atoms with Gasteiger partial charge in [0.1, 0.15) is 11.9 Å². The molecule has 2 N–H and O–H groups in total. The number of aryl methyl sites for hydroxylation is 1. The van der Waals surface area contributed by atoms with Crippen LogP contribution in [0.4, 0.5) is 4.79 Å². The van der Waals surface area contributed by atoms with Crippen LogP contribution in [-0.2, 0) is 16.0 Å². The minimum atomic E-state index is -0.567. The molecule has 17 heavy (non-hydrogen) atoms. The van der Waals surface area contributed by atoms with Crippen molar-refractivity contribution in [3.63, 3.8) is 0 Å². The summed E-state index contributed by atoms with van der Waals surface area (Å²) in [5.41, 5.74) is 5.09. The van der Waals surface area contributed by atoms with Crippen LogP contribution in [0.25, 0.3) is 0 Å². The predicted molar refractivity (Wildman–Crippen MR) is 61.4 cm³/mol. The number of nitrogens with two attached hydrogens (primary N) is 1. The van der Waals surface area contributed by atoms with Crippen molar-refractivity contribution in [2.45, 2.75) is 39.2 Å². The average Bonchev–Trinajstić information content (AvgIpc) is 2.59. The topological polar surface area (TPSA) is 87.2 Å². The molecule has 1 rings (SSSR count). The van der Waals surface area contributed by atoms with Gasteiger partial charge in [0, 0.05) is 18.3 Å². The molecule has 0 aliphatic carbocycles. The quantitative estimate of drug-likeness (QED) is 0.855. The van der Waals surface area contributed by atoms with Gasteiger partial charge in [-0.05, 0) is 27.2 Å². The maximum Gasteiger partial charge on any atom is 0.420 e. The van der Waals surface area contributed by atoms with E-state index >= 15 is 0 Å². The Morgan fingerprint density at radius 3 is 2.65 bits per heavy atom.